The lowest BCUT2D eigenvalue weighted by atomic mass is 9.85. The van der Waals surface area contributed by atoms with E-state index in [1.807, 2.05) is 30.3 Å². The number of halogens is 1. The van der Waals surface area contributed by atoms with E-state index in [1.54, 1.807) is 0 Å². The van der Waals surface area contributed by atoms with Crippen molar-refractivity contribution in [3.63, 3.8) is 0 Å². The molecule has 2 atom stereocenters. The summed E-state index contributed by atoms with van der Waals surface area (Å²) in [7, 11) is 1.54. The van der Waals surface area contributed by atoms with Gasteiger partial charge in [-0.15, -0.1) is 12.4 Å². The molecule has 120 valence electrons. The Morgan fingerprint density at radius 2 is 1.86 bits per heavy atom. The Labute approximate surface area is 133 Å². The average molecular weight is 315 g/mol. The highest BCUT2D eigenvalue weighted by Gasteiger charge is 2.24. The first-order valence-corrected chi connectivity index (χ1v) is 6.93. The van der Waals surface area contributed by atoms with Crippen LogP contribution in [0.25, 0.3) is 0 Å². The van der Waals surface area contributed by atoms with Crippen LogP contribution in [0, 0.1) is 5.41 Å². The second-order valence-corrected chi connectivity index (χ2v) is 6.30. The zero-order valence-corrected chi connectivity index (χ0v) is 14.1. The van der Waals surface area contributed by atoms with E-state index < -0.39 is 6.04 Å². The number of carbonyl (C=O) groups excluding carboxylic acids is 1. The van der Waals surface area contributed by atoms with E-state index in [0.717, 1.165) is 12.0 Å². The normalized spacial score (nSPS) is 14.0. The van der Waals surface area contributed by atoms with Gasteiger partial charge in [0, 0.05) is 7.11 Å². The maximum Gasteiger partial charge on any atom is 0.239 e. The molecule has 0 aliphatic heterocycles. The lowest BCUT2D eigenvalue weighted by Gasteiger charge is -2.28. The first kappa shape index (κ1) is 19.9. The summed E-state index contributed by atoms with van der Waals surface area (Å²) in [6, 6.07) is 9.31. The zero-order chi connectivity index (χ0) is 15.2. The number of rotatable bonds is 6. The maximum atomic E-state index is 12.1. The topological polar surface area (TPSA) is 64.3 Å². The van der Waals surface area contributed by atoms with Crippen LogP contribution in [0.2, 0.25) is 0 Å². The van der Waals surface area contributed by atoms with Gasteiger partial charge >= 0.3 is 0 Å². The van der Waals surface area contributed by atoms with Crippen molar-refractivity contribution in [2.24, 2.45) is 11.1 Å². The van der Waals surface area contributed by atoms with Gasteiger partial charge in [-0.2, -0.15) is 0 Å². The lowest BCUT2D eigenvalue weighted by molar-refractivity contribution is -0.124. The summed E-state index contributed by atoms with van der Waals surface area (Å²) >= 11 is 0. The van der Waals surface area contributed by atoms with Gasteiger partial charge in [0.15, 0.2) is 0 Å². The van der Waals surface area contributed by atoms with E-state index >= 15 is 0 Å². The molecule has 0 spiro atoms. The fraction of sp³-hybridized carbons (Fsp3) is 0.562. The quantitative estimate of drug-likeness (QED) is 0.848. The van der Waals surface area contributed by atoms with Gasteiger partial charge < -0.3 is 15.8 Å². The number of ether oxygens (including phenoxy) is 1. The minimum atomic E-state index is -0.633. The van der Waals surface area contributed by atoms with Crippen molar-refractivity contribution in [1.29, 1.82) is 0 Å². The molecule has 21 heavy (non-hydrogen) atoms. The summed E-state index contributed by atoms with van der Waals surface area (Å²) in [5, 5.41) is 3.03. The highest BCUT2D eigenvalue weighted by Crippen LogP contribution is 2.29. The fourth-order valence-corrected chi connectivity index (χ4v) is 2.08. The molecule has 1 aromatic rings. The van der Waals surface area contributed by atoms with Gasteiger partial charge in [0.05, 0.1) is 12.6 Å². The minimum absolute atomic E-state index is 0. The van der Waals surface area contributed by atoms with Crippen LogP contribution in [0.5, 0.6) is 0 Å². The molecular weight excluding hydrogens is 288 g/mol. The van der Waals surface area contributed by atoms with Crippen molar-refractivity contribution < 1.29 is 9.53 Å². The van der Waals surface area contributed by atoms with E-state index in [-0.39, 0.29) is 36.4 Å². The van der Waals surface area contributed by atoms with Crippen molar-refractivity contribution in [3.8, 4) is 0 Å². The van der Waals surface area contributed by atoms with Crippen molar-refractivity contribution in [1.82, 2.24) is 5.32 Å². The first-order valence-electron chi connectivity index (χ1n) is 6.93. The third-order valence-electron chi connectivity index (χ3n) is 3.02. The first-order chi connectivity index (χ1) is 9.33. The summed E-state index contributed by atoms with van der Waals surface area (Å²) in [5.41, 5.74) is 6.99. The SMILES string of the molecule is COCC(N)C(=O)NC(CC(C)(C)C)c1ccccc1.Cl. The molecule has 0 aliphatic carbocycles. The van der Waals surface area contributed by atoms with Crippen LogP contribution in [0.4, 0.5) is 0 Å². The fourth-order valence-electron chi connectivity index (χ4n) is 2.08. The molecule has 5 heteroatoms. The van der Waals surface area contributed by atoms with E-state index in [0.29, 0.717) is 0 Å². The Bertz CT molecular complexity index is 418. The predicted molar refractivity (Wildman–Crippen MR) is 88.5 cm³/mol. The molecule has 2 unspecified atom stereocenters. The molecule has 1 aromatic carbocycles. The Hall–Kier alpha value is -1.10. The Morgan fingerprint density at radius 1 is 1.29 bits per heavy atom. The number of methoxy groups -OCH3 is 1. The highest BCUT2D eigenvalue weighted by molar-refractivity contribution is 5.85. The third-order valence-corrected chi connectivity index (χ3v) is 3.02. The number of benzene rings is 1. The Balaban J connectivity index is 0.00000400. The number of amides is 1. The summed E-state index contributed by atoms with van der Waals surface area (Å²) in [6.45, 7) is 6.70. The van der Waals surface area contributed by atoms with E-state index in [9.17, 15) is 4.79 Å². The molecule has 1 amide bonds. The van der Waals surface area contributed by atoms with Crippen LogP contribution in [0.1, 0.15) is 38.8 Å². The smallest absolute Gasteiger partial charge is 0.239 e. The van der Waals surface area contributed by atoms with Gasteiger partial charge in [-0.05, 0) is 17.4 Å². The zero-order valence-electron chi connectivity index (χ0n) is 13.3. The van der Waals surface area contributed by atoms with Crippen molar-refractivity contribution in [2.45, 2.75) is 39.3 Å². The second-order valence-electron chi connectivity index (χ2n) is 6.30. The Kier molecular flexibility index (Phi) is 8.55. The van der Waals surface area contributed by atoms with Crippen molar-refractivity contribution in [3.05, 3.63) is 35.9 Å². The molecule has 1 rings (SSSR count). The van der Waals surface area contributed by atoms with Gasteiger partial charge in [-0.1, -0.05) is 51.1 Å². The molecule has 0 heterocycles. The van der Waals surface area contributed by atoms with Gasteiger partial charge in [0.25, 0.3) is 0 Å². The number of nitrogens with one attached hydrogen (secondary N) is 1. The van der Waals surface area contributed by atoms with Crippen LogP contribution >= 0.6 is 12.4 Å². The van der Waals surface area contributed by atoms with Crippen LogP contribution in [0.15, 0.2) is 30.3 Å². The van der Waals surface area contributed by atoms with Crippen LogP contribution in [-0.4, -0.2) is 25.7 Å². The van der Waals surface area contributed by atoms with E-state index in [2.05, 4.69) is 26.1 Å². The Morgan fingerprint density at radius 3 is 2.33 bits per heavy atom. The highest BCUT2D eigenvalue weighted by atomic mass is 35.5. The molecule has 0 aliphatic rings. The molecule has 0 bridgehead atoms. The lowest BCUT2D eigenvalue weighted by Crippen LogP contribution is -2.45. The van der Waals surface area contributed by atoms with Crippen molar-refractivity contribution in [2.75, 3.05) is 13.7 Å². The summed E-state index contributed by atoms with van der Waals surface area (Å²) in [5.74, 6) is -0.176. The number of hydrogen-bond donors (Lipinski definition) is 2. The van der Waals surface area contributed by atoms with Gasteiger partial charge in [-0.3, -0.25) is 4.79 Å². The molecule has 0 saturated carbocycles. The van der Waals surface area contributed by atoms with Crippen LogP contribution < -0.4 is 11.1 Å². The number of carbonyl (C=O) groups is 1. The van der Waals surface area contributed by atoms with Crippen LogP contribution in [0.3, 0.4) is 0 Å². The van der Waals surface area contributed by atoms with E-state index in [4.69, 9.17) is 10.5 Å². The van der Waals surface area contributed by atoms with E-state index in [1.165, 1.54) is 7.11 Å². The average Bonchev–Trinajstić information content (AvgIpc) is 2.37. The molecular formula is C16H27ClN2O2. The molecule has 4 nitrogen and oxygen atoms in total. The van der Waals surface area contributed by atoms with Gasteiger partial charge in [0.1, 0.15) is 6.04 Å². The molecule has 0 radical (unpaired) electrons. The third kappa shape index (κ3) is 7.46. The van der Waals surface area contributed by atoms with Gasteiger partial charge in [0.2, 0.25) is 5.91 Å². The maximum absolute atomic E-state index is 12.1. The minimum Gasteiger partial charge on any atom is -0.383 e. The molecule has 0 fully saturated rings. The summed E-state index contributed by atoms with van der Waals surface area (Å²) < 4.78 is 4.93. The van der Waals surface area contributed by atoms with Crippen molar-refractivity contribution >= 4 is 18.3 Å². The molecule has 0 saturated heterocycles. The largest absolute Gasteiger partial charge is 0.383 e. The number of nitrogens with two attached hydrogens (primary N) is 1. The van der Waals surface area contributed by atoms with Gasteiger partial charge in [-0.25, -0.2) is 0 Å². The summed E-state index contributed by atoms with van der Waals surface area (Å²) in [4.78, 5) is 12.1. The molecule has 3 N–H and O–H groups in total. The number of hydrogen-bond acceptors (Lipinski definition) is 3. The standard InChI is InChI=1S/C16H26N2O2.ClH/c1-16(2,3)10-14(12-8-6-5-7-9-12)18-15(19)13(17)11-20-4;/h5-9,13-14H,10-11,17H2,1-4H3,(H,18,19);1H. The predicted octanol–water partition coefficient (Wildman–Crippen LogP) is 2.68. The van der Waals surface area contributed by atoms with Crippen LogP contribution in [-0.2, 0) is 9.53 Å². The molecule has 0 aromatic heterocycles. The monoisotopic (exact) mass is 314 g/mol. The second kappa shape index (κ2) is 9.03. The summed E-state index contributed by atoms with van der Waals surface area (Å²) in [6.07, 6.45) is 0.850.